The van der Waals surface area contributed by atoms with Gasteiger partial charge in [-0.1, -0.05) is 12.1 Å². The quantitative estimate of drug-likeness (QED) is 0.480. The van der Waals surface area contributed by atoms with E-state index in [-0.39, 0.29) is 23.6 Å². The van der Waals surface area contributed by atoms with Crippen molar-refractivity contribution in [3.8, 4) is 0 Å². The Kier molecular flexibility index (Phi) is 6.11. The van der Waals surface area contributed by atoms with E-state index in [9.17, 15) is 18.0 Å². The van der Waals surface area contributed by atoms with E-state index in [1.165, 1.54) is 12.3 Å². The molecular weight excluding hydrogens is 405 g/mol. The monoisotopic (exact) mass is 432 g/mol. The highest BCUT2D eigenvalue weighted by molar-refractivity contribution is 5.85. The predicted molar refractivity (Wildman–Crippen MR) is 114 cm³/mol. The fraction of sp³-hybridized carbons (Fsp3) is 0.435. The smallest absolute Gasteiger partial charge is 0.398 e. The summed E-state index contributed by atoms with van der Waals surface area (Å²) in [5.74, 6) is -0.375. The number of nitrogens with zero attached hydrogens (tertiary/aromatic N) is 1. The summed E-state index contributed by atoms with van der Waals surface area (Å²) in [5, 5.41) is 10.4. The van der Waals surface area contributed by atoms with Crippen molar-refractivity contribution in [2.24, 2.45) is 5.92 Å². The largest absolute Gasteiger partial charge is 0.399 e. The lowest BCUT2D eigenvalue weighted by atomic mass is 9.83. The molecule has 0 spiro atoms. The lowest BCUT2D eigenvalue weighted by molar-refractivity contribution is -0.181. The number of fused-ring (bicyclic) bond motifs is 1. The number of rotatable bonds is 5. The molecular formula is C23H27F3N4O. The van der Waals surface area contributed by atoms with Gasteiger partial charge in [-0.15, -0.1) is 0 Å². The summed E-state index contributed by atoms with van der Waals surface area (Å²) in [4.78, 5) is 17.1. The third-order valence-electron chi connectivity index (χ3n) is 6.11. The standard InChI is InChI=1S/C23H27F3N4O/c1-13(14-4-7-18(28)17(10-14)12-27)29-21(31)16-5-8-19-15(11-16)6-9-20(30-19)22(2,3)23(24,25)26/h4,6-7,9-10,12-13,16,27H,5,8,11,28H2,1-3H3,(H,29,31). The van der Waals surface area contributed by atoms with Gasteiger partial charge in [-0.25, -0.2) is 0 Å². The number of benzene rings is 1. The average Bonchev–Trinajstić information content (AvgIpc) is 2.72. The zero-order valence-electron chi connectivity index (χ0n) is 17.8. The van der Waals surface area contributed by atoms with Gasteiger partial charge in [-0.05, 0) is 69.4 Å². The number of anilines is 1. The Morgan fingerprint density at radius 3 is 2.65 bits per heavy atom. The molecule has 1 aliphatic rings. The number of hydrogen-bond donors (Lipinski definition) is 3. The number of pyridine rings is 1. The summed E-state index contributed by atoms with van der Waals surface area (Å²) in [6, 6.07) is 8.13. The van der Waals surface area contributed by atoms with E-state index in [4.69, 9.17) is 11.1 Å². The number of nitrogens with one attached hydrogen (secondary N) is 2. The highest BCUT2D eigenvalue weighted by atomic mass is 19.4. The lowest BCUT2D eigenvalue weighted by Gasteiger charge is -2.30. The SMILES string of the molecule is CC(NC(=O)C1CCc2nc(C(C)(C)C(F)(F)F)ccc2C1)c1ccc(N)c(C=N)c1. The summed E-state index contributed by atoms with van der Waals surface area (Å²) >= 11 is 0. The summed E-state index contributed by atoms with van der Waals surface area (Å²) in [6.07, 6.45) is -1.78. The first-order valence-corrected chi connectivity index (χ1v) is 10.2. The number of amides is 1. The number of nitrogens with two attached hydrogens (primary N) is 1. The third-order valence-corrected chi connectivity index (χ3v) is 6.11. The normalized spacial score (nSPS) is 17.5. The van der Waals surface area contributed by atoms with Gasteiger partial charge in [-0.2, -0.15) is 13.2 Å². The Morgan fingerprint density at radius 2 is 2.00 bits per heavy atom. The molecule has 2 unspecified atom stereocenters. The van der Waals surface area contributed by atoms with Crippen LogP contribution in [0.25, 0.3) is 0 Å². The van der Waals surface area contributed by atoms with Gasteiger partial charge in [0, 0.05) is 29.1 Å². The van der Waals surface area contributed by atoms with Crippen molar-refractivity contribution in [2.75, 3.05) is 5.73 Å². The van der Waals surface area contributed by atoms with Crippen LogP contribution in [-0.4, -0.2) is 23.3 Å². The highest BCUT2D eigenvalue weighted by Crippen LogP contribution is 2.40. The van der Waals surface area contributed by atoms with Gasteiger partial charge in [0.25, 0.3) is 0 Å². The van der Waals surface area contributed by atoms with Gasteiger partial charge >= 0.3 is 6.18 Å². The minimum absolute atomic E-state index is 0.000580. The molecule has 0 saturated carbocycles. The van der Waals surface area contributed by atoms with Crippen LogP contribution in [0.3, 0.4) is 0 Å². The van der Waals surface area contributed by atoms with Crippen molar-refractivity contribution in [3.63, 3.8) is 0 Å². The Morgan fingerprint density at radius 1 is 1.29 bits per heavy atom. The van der Waals surface area contributed by atoms with Crippen LogP contribution in [0.4, 0.5) is 18.9 Å². The Hall–Kier alpha value is -2.90. The number of alkyl halides is 3. The van der Waals surface area contributed by atoms with Gasteiger partial charge in [0.05, 0.1) is 11.7 Å². The number of halogens is 3. The molecule has 1 aromatic carbocycles. The number of carbonyl (C=O) groups is 1. The highest BCUT2D eigenvalue weighted by Gasteiger charge is 2.49. The molecule has 1 amide bonds. The second-order valence-corrected chi connectivity index (χ2v) is 8.63. The molecule has 166 valence electrons. The molecule has 0 aliphatic heterocycles. The first kappa shape index (κ1) is 22.8. The molecule has 5 nitrogen and oxygen atoms in total. The fourth-order valence-electron chi connectivity index (χ4n) is 3.73. The zero-order chi connectivity index (χ0) is 23.0. The van der Waals surface area contributed by atoms with E-state index < -0.39 is 11.6 Å². The second-order valence-electron chi connectivity index (χ2n) is 8.63. The summed E-state index contributed by atoms with van der Waals surface area (Å²) in [6.45, 7) is 4.12. The summed E-state index contributed by atoms with van der Waals surface area (Å²) in [7, 11) is 0. The van der Waals surface area contributed by atoms with Crippen LogP contribution in [-0.2, 0) is 23.1 Å². The average molecular weight is 432 g/mol. The van der Waals surface area contributed by atoms with Crippen molar-refractivity contribution in [2.45, 2.75) is 57.7 Å². The summed E-state index contributed by atoms with van der Waals surface area (Å²) < 4.78 is 40.0. The maximum absolute atomic E-state index is 13.3. The number of nitrogen functional groups attached to an aromatic ring is 1. The Balaban J connectivity index is 1.71. The third kappa shape index (κ3) is 4.57. The molecule has 0 radical (unpaired) electrons. The predicted octanol–water partition coefficient (Wildman–Crippen LogP) is 4.48. The molecule has 1 aliphatic carbocycles. The van der Waals surface area contributed by atoms with Crippen molar-refractivity contribution in [1.82, 2.24) is 10.3 Å². The summed E-state index contributed by atoms with van der Waals surface area (Å²) in [5.41, 5.74) is 7.19. The topological polar surface area (TPSA) is 91.9 Å². The van der Waals surface area contributed by atoms with Gasteiger partial charge in [0.2, 0.25) is 5.91 Å². The molecule has 2 aromatic rings. The van der Waals surface area contributed by atoms with E-state index in [1.807, 2.05) is 13.0 Å². The Labute approximate surface area is 179 Å². The van der Waals surface area contributed by atoms with Crippen LogP contribution in [0.1, 0.15) is 61.3 Å². The van der Waals surface area contributed by atoms with Crippen LogP contribution in [0.15, 0.2) is 30.3 Å². The molecule has 1 aromatic heterocycles. The molecule has 31 heavy (non-hydrogen) atoms. The van der Waals surface area contributed by atoms with Crippen molar-refractivity contribution < 1.29 is 18.0 Å². The van der Waals surface area contributed by atoms with Gasteiger partial charge in [0.1, 0.15) is 5.41 Å². The number of carbonyl (C=O) groups excluding carboxylic acids is 1. The van der Waals surface area contributed by atoms with E-state index in [1.54, 1.807) is 18.2 Å². The van der Waals surface area contributed by atoms with Gasteiger partial charge in [0.15, 0.2) is 0 Å². The van der Waals surface area contributed by atoms with Gasteiger partial charge < -0.3 is 16.5 Å². The first-order chi connectivity index (χ1) is 14.4. The number of aromatic nitrogens is 1. The van der Waals surface area contributed by atoms with Crippen molar-refractivity contribution in [1.29, 1.82) is 5.41 Å². The molecule has 0 bridgehead atoms. The fourth-order valence-corrected chi connectivity index (χ4v) is 3.73. The minimum atomic E-state index is -4.39. The molecule has 8 heteroatoms. The van der Waals surface area contributed by atoms with E-state index in [0.29, 0.717) is 36.2 Å². The minimum Gasteiger partial charge on any atom is -0.398 e. The molecule has 3 rings (SSSR count). The molecule has 0 saturated heterocycles. The van der Waals surface area contributed by atoms with Crippen LogP contribution in [0.2, 0.25) is 0 Å². The van der Waals surface area contributed by atoms with Gasteiger partial charge in [-0.3, -0.25) is 9.78 Å². The molecule has 2 atom stereocenters. The van der Waals surface area contributed by atoms with Crippen LogP contribution < -0.4 is 11.1 Å². The van der Waals surface area contributed by atoms with Crippen LogP contribution in [0, 0.1) is 11.3 Å². The van der Waals surface area contributed by atoms with E-state index >= 15 is 0 Å². The molecule has 4 N–H and O–H groups in total. The van der Waals surface area contributed by atoms with Crippen molar-refractivity contribution in [3.05, 3.63) is 58.4 Å². The number of aryl methyl sites for hydroxylation is 1. The second kappa shape index (κ2) is 8.32. The first-order valence-electron chi connectivity index (χ1n) is 10.2. The molecule has 0 fully saturated rings. The lowest BCUT2D eigenvalue weighted by Crippen LogP contribution is -2.38. The zero-order valence-corrected chi connectivity index (χ0v) is 17.8. The maximum atomic E-state index is 13.3. The molecule has 1 heterocycles. The van der Waals surface area contributed by atoms with E-state index in [0.717, 1.165) is 25.0 Å². The number of hydrogen-bond acceptors (Lipinski definition) is 4. The maximum Gasteiger partial charge on any atom is 0.399 e. The van der Waals surface area contributed by atoms with Crippen LogP contribution >= 0.6 is 0 Å². The van der Waals surface area contributed by atoms with E-state index in [2.05, 4.69) is 10.3 Å². The van der Waals surface area contributed by atoms with Crippen LogP contribution in [0.5, 0.6) is 0 Å². The van der Waals surface area contributed by atoms with Crippen molar-refractivity contribution >= 4 is 17.8 Å². The Bertz CT molecular complexity index is 1000.